The summed E-state index contributed by atoms with van der Waals surface area (Å²) in [5.74, 6) is 2.50. The Morgan fingerprint density at radius 3 is 2.40 bits per heavy atom. The molecule has 2 amide bonds. The van der Waals surface area contributed by atoms with Crippen LogP contribution in [-0.4, -0.2) is 27.8 Å². The van der Waals surface area contributed by atoms with E-state index in [-0.39, 0.29) is 23.0 Å². The maximum absolute atomic E-state index is 13.1. The number of amides is 2. The van der Waals surface area contributed by atoms with E-state index in [2.05, 4.69) is 20.8 Å². The second-order valence-corrected chi connectivity index (χ2v) is 11.4. The molecule has 4 bridgehead atoms. The zero-order valence-corrected chi connectivity index (χ0v) is 18.7. The second-order valence-electron chi connectivity index (χ2n) is 9.18. The van der Waals surface area contributed by atoms with E-state index in [1.54, 1.807) is 0 Å². The first-order valence-corrected chi connectivity index (χ1v) is 12.4. The van der Waals surface area contributed by atoms with Crippen molar-refractivity contribution in [1.82, 2.24) is 10.2 Å². The third-order valence-corrected chi connectivity index (χ3v) is 8.86. The minimum atomic E-state index is -0.193. The number of benzene rings is 1. The number of hydrogen-bond donors (Lipinski definition) is 2. The fourth-order valence-corrected chi connectivity index (χ4v) is 7.51. The Labute approximate surface area is 184 Å². The Bertz CT molecular complexity index is 938. The summed E-state index contributed by atoms with van der Waals surface area (Å²) in [6.07, 6.45) is 7.04. The quantitative estimate of drug-likeness (QED) is 0.499. The minimum Gasteiger partial charge on any atom is -0.325 e. The van der Waals surface area contributed by atoms with Crippen molar-refractivity contribution in [3.8, 4) is 0 Å². The molecule has 1 heterocycles. The molecule has 6 rings (SSSR count). The predicted octanol–water partition coefficient (Wildman–Crippen LogP) is 4.73. The highest BCUT2D eigenvalue weighted by atomic mass is 32.2. The molecule has 6 nitrogen and oxygen atoms in total. The highest BCUT2D eigenvalue weighted by Crippen LogP contribution is 2.60. The van der Waals surface area contributed by atoms with Crippen LogP contribution in [-0.2, 0) is 9.59 Å². The molecular weight excluding hydrogens is 416 g/mol. The molecule has 0 saturated heterocycles. The van der Waals surface area contributed by atoms with Crippen LogP contribution in [0.3, 0.4) is 0 Å². The van der Waals surface area contributed by atoms with Gasteiger partial charge in [0.15, 0.2) is 4.34 Å². The Morgan fingerprint density at radius 2 is 1.73 bits per heavy atom. The lowest BCUT2D eigenvalue weighted by Gasteiger charge is -2.55. The number of carbonyl (C=O) groups excluding carboxylic acids is 2. The van der Waals surface area contributed by atoms with Gasteiger partial charge < -0.3 is 10.6 Å². The van der Waals surface area contributed by atoms with E-state index < -0.39 is 0 Å². The predicted molar refractivity (Wildman–Crippen MR) is 120 cm³/mol. The van der Waals surface area contributed by atoms with Crippen molar-refractivity contribution in [2.75, 3.05) is 16.4 Å². The van der Waals surface area contributed by atoms with Gasteiger partial charge in [-0.25, -0.2) is 0 Å². The fraction of sp³-hybridized carbons (Fsp3) is 0.545. The molecule has 4 saturated carbocycles. The van der Waals surface area contributed by atoms with Crippen molar-refractivity contribution >= 4 is 45.7 Å². The highest BCUT2D eigenvalue weighted by molar-refractivity contribution is 8.01. The molecule has 0 unspecified atom stereocenters. The Morgan fingerprint density at radius 1 is 1.07 bits per heavy atom. The number of rotatable bonds is 6. The van der Waals surface area contributed by atoms with E-state index in [1.165, 1.54) is 42.4 Å². The number of hydrogen-bond acceptors (Lipinski definition) is 6. The summed E-state index contributed by atoms with van der Waals surface area (Å²) >= 11 is 2.69. The molecule has 0 radical (unpaired) electrons. The molecule has 4 aliphatic carbocycles. The van der Waals surface area contributed by atoms with E-state index in [1.807, 2.05) is 31.2 Å². The topological polar surface area (TPSA) is 84.0 Å². The Hall–Kier alpha value is -1.93. The van der Waals surface area contributed by atoms with Gasteiger partial charge in [-0.05, 0) is 74.8 Å². The average Bonchev–Trinajstić information content (AvgIpc) is 3.14. The van der Waals surface area contributed by atoms with Crippen LogP contribution in [0, 0.1) is 30.1 Å². The van der Waals surface area contributed by atoms with Crippen molar-refractivity contribution in [3.63, 3.8) is 0 Å². The van der Waals surface area contributed by atoms with Gasteiger partial charge in [0.2, 0.25) is 16.9 Å². The van der Waals surface area contributed by atoms with Crippen LogP contribution in [0.5, 0.6) is 0 Å². The summed E-state index contributed by atoms with van der Waals surface area (Å²) in [5, 5.41) is 14.8. The monoisotopic (exact) mass is 442 g/mol. The lowest BCUT2D eigenvalue weighted by atomic mass is 9.49. The third-order valence-electron chi connectivity index (χ3n) is 6.89. The summed E-state index contributed by atoms with van der Waals surface area (Å²) in [5.41, 5.74) is 1.66. The summed E-state index contributed by atoms with van der Waals surface area (Å²) in [6.45, 7) is 1.96. The SMILES string of the molecule is Cc1ccccc1NC(=O)CSc1nnc(NC(=O)C23CC4CC(CC(C4)C2)C3)s1. The fourth-order valence-electron chi connectivity index (χ4n) is 5.96. The van der Waals surface area contributed by atoms with Gasteiger partial charge in [0.25, 0.3) is 0 Å². The van der Waals surface area contributed by atoms with E-state index >= 15 is 0 Å². The van der Waals surface area contributed by atoms with Crippen molar-refractivity contribution in [1.29, 1.82) is 0 Å². The Balaban J connectivity index is 1.16. The summed E-state index contributed by atoms with van der Waals surface area (Å²) in [4.78, 5) is 25.4. The molecule has 0 aliphatic heterocycles. The van der Waals surface area contributed by atoms with Gasteiger partial charge >= 0.3 is 0 Å². The first-order valence-electron chi connectivity index (χ1n) is 10.6. The molecule has 8 heteroatoms. The van der Waals surface area contributed by atoms with Crippen molar-refractivity contribution < 1.29 is 9.59 Å². The molecule has 0 spiro atoms. The molecule has 2 N–H and O–H groups in total. The van der Waals surface area contributed by atoms with E-state index in [4.69, 9.17) is 0 Å². The molecule has 158 valence electrons. The van der Waals surface area contributed by atoms with Gasteiger partial charge in [-0.1, -0.05) is 41.3 Å². The standard InChI is InChI=1S/C22H26N4O2S2/c1-13-4-2-3-5-17(13)23-18(27)12-29-21-26-25-20(30-21)24-19(28)22-9-14-6-15(10-22)8-16(7-14)11-22/h2-5,14-16H,6-12H2,1H3,(H,23,27)(H,24,25,28). The molecule has 30 heavy (non-hydrogen) atoms. The molecule has 4 fully saturated rings. The smallest absolute Gasteiger partial charge is 0.234 e. The van der Waals surface area contributed by atoms with Crippen LogP contribution in [0.15, 0.2) is 28.6 Å². The van der Waals surface area contributed by atoms with Crippen LogP contribution in [0.1, 0.15) is 44.1 Å². The van der Waals surface area contributed by atoms with Crippen molar-refractivity contribution in [2.45, 2.75) is 49.8 Å². The van der Waals surface area contributed by atoms with E-state index in [0.29, 0.717) is 9.47 Å². The molecule has 0 atom stereocenters. The average molecular weight is 443 g/mol. The number of carbonyl (C=O) groups is 2. The van der Waals surface area contributed by atoms with Crippen molar-refractivity contribution in [3.05, 3.63) is 29.8 Å². The lowest BCUT2D eigenvalue weighted by Crippen LogP contribution is -2.51. The minimum absolute atomic E-state index is 0.0800. The normalized spacial score (nSPS) is 29.0. The zero-order chi connectivity index (χ0) is 20.7. The lowest BCUT2D eigenvalue weighted by molar-refractivity contribution is -0.140. The van der Waals surface area contributed by atoms with E-state index in [0.717, 1.165) is 48.3 Å². The number of nitrogens with zero attached hydrogens (tertiary/aromatic N) is 2. The summed E-state index contributed by atoms with van der Waals surface area (Å²) in [7, 11) is 0. The van der Waals surface area contributed by atoms with Gasteiger partial charge in [0, 0.05) is 5.69 Å². The van der Waals surface area contributed by atoms with Crippen LogP contribution in [0.4, 0.5) is 10.8 Å². The number of aryl methyl sites for hydroxylation is 1. The van der Waals surface area contributed by atoms with Crippen LogP contribution >= 0.6 is 23.1 Å². The number of thioether (sulfide) groups is 1. The van der Waals surface area contributed by atoms with Gasteiger partial charge in [-0.2, -0.15) is 0 Å². The molecule has 1 aromatic heterocycles. The zero-order valence-electron chi connectivity index (χ0n) is 17.0. The van der Waals surface area contributed by atoms with Gasteiger partial charge in [-0.3, -0.25) is 9.59 Å². The molecule has 1 aromatic carbocycles. The van der Waals surface area contributed by atoms with Crippen LogP contribution in [0.25, 0.3) is 0 Å². The second kappa shape index (κ2) is 7.96. The van der Waals surface area contributed by atoms with Gasteiger partial charge in [-0.15, -0.1) is 10.2 Å². The number of aromatic nitrogens is 2. The Kier molecular flexibility index (Phi) is 5.31. The summed E-state index contributed by atoms with van der Waals surface area (Å²) in [6, 6.07) is 7.70. The molecule has 4 aliphatic rings. The number of anilines is 2. The van der Waals surface area contributed by atoms with Gasteiger partial charge in [0.05, 0.1) is 11.2 Å². The largest absolute Gasteiger partial charge is 0.325 e. The highest BCUT2D eigenvalue weighted by Gasteiger charge is 2.54. The van der Waals surface area contributed by atoms with Crippen LogP contribution in [0.2, 0.25) is 0 Å². The van der Waals surface area contributed by atoms with Crippen molar-refractivity contribution in [2.24, 2.45) is 23.2 Å². The summed E-state index contributed by atoms with van der Waals surface area (Å²) < 4.78 is 0.691. The number of para-hydroxylation sites is 1. The molecule has 2 aromatic rings. The maximum atomic E-state index is 13.1. The first kappa shape index (κ1) is 20.0. The van der Waals surface area contributed by atoms with Crippen LogP contribution < -0.4 is 10.6 Å². The first-order chi connectivity index (χ1) is 14.5. The van der Waals surface area contributed by atoms with Gasteiger partial charge in [0.1, 0.15) is 0 Å². The third kappa shape index (κ3) is 3.99. The van der Waals surface area contributed by atoms with E-state index in [9.17, 15) is 9.59 Å². The number of nitrogens with one attached hydrogen (secondary N) is 2. The molecular formula is C22H26N4O2S2. The maximum Gasteiger partial charge on any atom is 0.234 e.